The number of pyridine rings is 1. The number of hydrogen-bond acceptors (Lipinski definition) is 2. The van der Waals surface area contributed by atoms with Crippen molar-refractivity contribution in [2.24, 2.45) is 0 Å². The van der Waals surface area contributed by atoms with Crippen molar-refractivity contribution in [2.45, 2.75) is 0 Å². The van der Waals surface area contributed by atoms with Crippen molar-refractivity contribution in [3.8, 4) is 5.69 Å². The van der Waals surface area contributed by atoms with E-state index in [1.54, 1.807) is 12.4 Å². The average Bonchev–Trinajstić information content (AvgIpc) is 2.81. The van der Waals surface area contributed by atoms with Crippen LogP contribution in [0.5, 0.6) is 0 Å². The van der Waals surface area contributed by atoms with Crippen molar-refractivity contribution in [3.63, 3.8) is 0 Å². The third kappa shape index (κ3) is 1.51. The number of aromatic nitrogens is 3. The Hall–Kier alpha value is -1.68. The molecule has 2 heterocycles. The van der Waals surface area contributed by atoms with Crippen LogP contribution in [-0.2, 0) is 0 Å². The fourth-order valence-corrected chi connectivity index (χ4v) is 2.08. The lowest BCUT2D eigenvalue weighted by Gasteiger charge is -2.06. The van der Waals surface area contributed by atoms with Gasteiger partial charge in [-0.3, -0.25) is 4.98 Å². The zero-order valence-electron chi connectivity index (χ0n) is 8.34. The number of fused-ring (bicyclic) bond motifs is 1. The summed E-state index contributed by atoms with van der Waals surface area (Å²) in [6, 6.07) is 9.90. The highest BCUT2D eigenvalue weighted by molar-refractivity contribution is 9.10. The maximum Gasteiger partial charge on any atom is 0.0755 e. The molecule has 78 valence electrons. The van der Waals surface area contributed by atoms with Gasteiger partial charge >= 0.3 is 0 Å². The summed E-state index contributed by atoms with van der Waals surface area (Å²) in [5.41, 5.74) is 2.01. The van der Waals surface area contributed by atoms with Crippen LogP contribution >= 0.6 is 15.9 Å². The Bertz CT molecular complexity index is 632. The Balaban J connectivity index is 2.36. The van der Waals surface area contributed by atoms with E-state index in [9.17, 15) is 0 Å². The van der Waals surface area contributed by atoms with Gasteiger partial charge in [-0.05, 0) is 30.3 Å². The number of benzene rings is 1. The molecule has 0 aliphatic carbocycles. The van der Waals surface area contributed by atoms with E-state index in [0.29, 0.717) is 0 Å². The molecule has 16 heavy (non-hydrogen) atoms. The Morgan fingerprint density at radius 3 is 2.88 bits per heavy atom. The molecule has 2 aromatic heterocycles. The summed E-state index contributed by atoms with van der Waals surface area (Å²) in [6.45, 7) is 0. The summed E-state index contributed by atoms with van der Waals surface area (Å²) < 4.78 is 2.89. The summed E-state index contributed by atoms with van der Waals surface area (Å²) in [5, 5.41) is 5.32. The van der Waals surface area contributed by atoms with Crippen LogP contribution in [0.3, 0.4) is 0 Å². The van der Waals surface area contributed by atoms with E-state index in [4.69, 9.17) is 0 Å². The number of hydrogen-bond donors (Lipinski definition) is 0. The Kier molecular flexibility index (Phi) is 2.22. The fraction of sp³-hybridized carbons (Fsp3) is 0. The van der Waals surface area contributed by atoms with Gasteiger partial charge in [-0.1, -0.05) is 15.9 Å². The van der Waals surface area contributed by atoms with Gasteiger partial charge in [-0.25, -0.2) is 4.68 Å². The van der Waals surface area contributed by atoms with Gasteiger partial charge < -0.3 is 0 Å². The van der Waals surface area contributed by atoms with Crippen LogP contribution in [0, 0.1) is 0 Å². The average molecular weight is 274 g/mol. The lowest BCUT2D eigenvalue weighted by atomic mass is 10.2. The molecule has 0 aliphatic heterocycles. The monoisotopic (exact) mass is 273 g/mol. The zero-order chi connectivity index (χ0) is 11.0. The van der Waals surface area contributed by atoms with Crippen LogP contribution < -0.4 is 0 Å². The van der Waals surface area contributed by atoms with Crippen molar-refractivity contribution in [1.29, 1.82) is 0 Å². The SMILES string of the molecule is Brc1ccc2nccc(-n3cccn3)c2c1. The van der Waals surface area contributed by atoms with Crippen LogP contribution in [0.15, 0.2) is 53.4 Å². The smallest absolute Gasteiger partial charge is 0.0755 e. The molecule has 0 N–H and O–H groups in total. The molecule has 0 unspecified atom stereocenters. The van der Waals surface area contributed by atoms with E-state index in [0.717, 1.165) is 21.1 Å². The molecule has 3 nitrogen and oxygen atoms in total. The largest absolute Gasteiger partial charge is 0.256 e. The van der Waals surface area contributed by atoms with E-state index in [2.05, 4.69) is 32.1 Å². The van der Waals surface area contributed by atoms with Gasteiger partial charge in [-0.15, -0.1) is 0 Å². The summed E-state index contributed by atoms with van der Waals surface area (Å²) in [5.74, 6) is 0. The second kappa shape index (κ2) is 3.72. The van der Waals surface area contributed by atoms with E-state index in [-0.39, 0.29) is 0 Å². The normalized spacial score (nSPS) is 10.8. The van der Waals surface area contributed by atoms with Crippen LogP contribution in [0.2, 0.25) is 0 Å². The van der Waals surface area contributed by atoms with Gasteiger partial charge in [0, 0.05) is 28.4 Å². The maximum absolute atomic E-state index is 4.33. The van der Waals surface area contributed by atoms with Gasteiger partial charge in [0.2, 0.25) is 0 Å². The van der Waals surface area contributed by atoms with Crippen LogP contribution in [0.1, 0.15) is 0 Å². The van der Waals surface area contributed by atoms with E-state index >= 15 is 0 Å². The first-order chi connectivity index (χ1) is 7.84. The topological polar surface area (TPSA) is 30.7 Å². The molecule has 1 aromatic carbocycles. The van der Waals surface area contributed by atoms with Crippen molar-refractivity contribution in [1.82, 2.24) is 14.8 Å². The summed E-state index contributed by atoms with van der Waals surface area (Å²) in [7, 11) is 0. The molecule has 0 saturated carbocycles. The van der Waals surface area contributed by atoms with Crippen molar-refractivity contribution >= 4 is 26.8 Å². The molecule has 0 fully saturated rings. The highest BCUT2D eigenvalue weighted by Gasteiger charge is 2.04. The summed E-state index contributed by atoms with van der Waals surface area (Å²) in [4.78, 5) is 4.33. The Morgan fingerprint density at radius 2 is 2.06 bits per heavy atom. The first kappa shape index (κ1) is 9.54. The number of halogens is 1. The van der Waals surface area contributed by atoms with Crippen molar-refractivity contribution < 1.29 is 0 Å². The first-order valence-electron chi connectivity index (χ1n) is 4.89. The molecule has 0 atom stereocenters. The molecule has 3 rings (SSSR count). The zero-order valence-corrected chi connectivity index (χ0v) is 9.92. The summed E-state index contributed by atoms with van der Waals surface area (Å²) >= 11 is 3.47. The predicted molar refractivity (Wildman–Crippen MR) is 66.6 cm³/mol. The maximum atomic E-state index is 4.33. The highest BCUT2D eigenvalue weighted by atomic mass is 79.9. The molecule has 0 aliphatic rings. The first-order valence-corrected chi connectivity index (χ1v) is 5.68. The quantitative estimate of drug-likeness (QED) is 0.682. The predicted octanol–water partition coefficient (Wildman–Crippen LogP) is 3.18. The van der Waals surface area contributed by atoms with Crippen LogP contribution in [0.4, 0.5) is 0 Å². The molecule has 3 aromatic rings. The third-order valence-electron chi connectivity index (χ3n) is 2.43. The van der Waals surface area contributed by atoms with E-state index in [1.807, 2.05) is 35.1 Å². The van der Waals surface area contributed by atoms with Gasteiger partial charge in [0.1, 0.15) is 0 Å². The molecule has 0 bridgehead atoms. The Labute approximate surface area is 101 Å². The van der Waals surface area contributed by atoms with E-state index < -0.39 is 0 Å². The van der Waals surface area contributed by atoms with Gasteiger partial charge in [0.15, 0.2) is 0 Å². The van der Waals surface area contributed by atoms with Crippen LogP contribution in [-0.4, -0.2) is 14.8 Å². The molecular formula is C12H8BrN3. The van der Waals surface area contributed by atoms with E-state index in [1.165, 1.54) is 0 Å². The molecule has 0 amide bonds. The van der Waals surface area contributed by atoms with Crippen molar-refractivity contribution in [2.75, 3.05) is 0 Å². The van der Waals surface area contributed by atoms with Gasteiger partial charge in [0.05, 0.1) is 11.2 Å². The van der Waals surface area contributed by atoms with Crippen molar-refractivity contribution in [3.05, 3.63) is 53.4 Å². The summed E-state index contributed by atoms with van der Waals surface area (Å²) in [6.07, 6.45) is 5.49. The molecule has 4 heteroatoms. The minimum absolute atomic E-state index is 0.969. The molecular weight excluding hydrogens is 266 g/mol. The minimum Gasteiger partial charge on any atom is -0.256 e. The van der Waals surface area contributed by atoms with Gasteiger partial charge in [-0.2, -0.15) is 5.10 Å². The van der Waals surface area contributed by atoms with Gasteiger partial charge in [0.25, 0.3) is 0 Å². The third-order valence-corrected chi connectivity index (χ3v) is 2.93. The molecule has 0 spiro atoms. The second-order valence-electron chi connectivity index (χ2n) is 3.44. The standard InChI is InChI=1S/C12H8BrN3/c13-9-2-3-11-10(8-9)12(4-6-14-11)16-7-1-5-15-16/h1-8H. The highest BCUT2D eigenvalue weighted by Crippen LogP contribution is 2.23. The molecule has 0 saturated heterocycles. The lowest BCUT2D eigenvalue weighted by molar-refractivity contribution is 0.886. The minimum atomic E-state index is 0.969. The molecule has 0 radical (unpaired) electrons. The number of nitrogens with zero attached hydrogens (tertiary/aromatic N) is 3. The Morgan fingerprint density at radius 1 is 1.12 bits per heavy atom. The fourth-order valence-electron chi connectivity index (χ4n) is 1.72. The number of rotatable bonds is 1. The second-order valence-corrected chi connectivity index (χ2v) is 4.36. The lowest BCUT2D eigenvalue weighted by Crippen LogP contribution is -1.96. The van der Waals surface area contributed by atoms with Crippen LogP contribution in [0.25, 0.3) is 16.6 Å².